The predicted molar refractivity (Wildman–Crippen MR) is 72.2 cm³/mol. The second-order valence-electron chi connectivity index (χ2n) is 5.38. The molecular formula is C16H17N. The maximum atomic E-state index is 5.89. The molecule has 2 N–H and O–H groups in total. The van der Waals surface area contributed by atoms with E-state index >= 15 is 0 Å². The maximum absolute atomic E-state index is 5.89. The minimum atomic E-state index is 0.0812. The Kier molecular flexibility index (Phi) is 2.06. The van der Waals surface area contributed by atoms with E-state index in [0.717, 1.165) is 12.1 Å². The van der Waals surface area contributed by atoms with Gasteiger partial charge >= 0.3 is 0 Å². The molecule has 1 heteroatoms. The van der Waals surface area contributed by atoms with Crippen LogP contribution in [0.1, 0.15) is 36.1 Å². The first kappa shape index (κ1) is 10.4. The Hall–Kier alpha value is -1.76. The summed E-state index contributed by atoms with van der Waals surface area (Å²) in [6.07, 6.45) is 1.000. The summed E-state index contributed by atoms with van der Waals surface area (Å²) in [5.41, 5.74) is 12.5. The number of anilines is 1. The highest BCUT2D eigenvalue weighted by atomic mass is 14.5. The van der Waals surface area contributed by atoms with Crippen molar-refractivity contribution in [2.75, 3.05) is 5.73 Å². The van der Waals surface area contributed by atoms with Crippen LogP contribution in [0.25, 0.3) is 0 Å². The summed E-state index contributed by atoms with van der Waals surface area (Å²) in [6.45, 7) is 4.58. The van der Waals surface area contributed by atoms with Crippen molar-refractivity contribution in [3.05, 3.63) is 64.7 Å². The molecule has 0 bridgehead atoms. The molecule has 0 aromatic heterocycles. The lowest BCUT2D eigenvalue weighted by Crippen LogP contribution is -2.26. The van der Waals surface area contributed by atoms with E-state index in [1.807, 2.05) is 6.07 Å². The molecule has 0 fully saturated rings. The van der Waals surface area contributed by atoms with Crippen LogP contribution >= 0.6 is 0 Å². The second-order valence-corrected chi connectivity index (χ2v) is 5.38. The third-order valence-electron chi connectivity index (χ3n) is 3.87. The number of hydrogen-bond acceptors (Lipinski definition) is 1. The molecule has 2 aromatic rings. The molecular weight excluding hydrogens is 206 g/mol. The SMILES string of the molecule is CC1(C)c2ccccc2Cc2cc(N)ccc21. The third-order valence-corrected chi connectivity index (χ3v) is 3.87. The summed E-state index contributed by atoms with van der Waals surface area (Å²) in [7, 11) is 0. The lowest BCUT2D eigenvalue weighted by atomic mass is 9.69. The first-order valence-electron chi connectivity index (χ1n) is 6.06. The summed E-state index contributed by atoms with van der Waals surface area (Å²) in [5.74, 6) is 0. The Bertz CT molecular complexity index is 582. The molecule has 0 saturated carbocycles. The lowest BCUT2D eigenvalue weighted by molar-refractivity contribution is 0.611. The normalized spacial score (nSPS) is 16.1. The average molecular weight is 223 g/mol. The van der Waals surface area contributed by atoms with Crippen LogP contribution in [0.2, 0.25) is 0 Å². The van der Waals surface area contributed by atoms with Crippen LogP contribution in [-0.4, -0.2) is 0 Å². The highest BCUT2D eigenvalue weighted by Crippen LogP contribution is 2.41. The molecule has 0 saturated heterocycles. The van der Waals surface area contributed by atoms with Gasteiger partial charge in [0.2, 0.25) is 0 Å². The molecule has 1 aliphatic carbocycles. The Morgan fingerprint density at radius 1 is 0.941 bits per heavy atom. The molecule has 17 heavy (non-hydrogen) atoms. The van der Waals surface area contributed by atoms with Crippen molar-refractivity contribution in [2.24, 2.45) is 0 Å². The van der Waals surface area contributed by atoms with E-state index in [1.54, 1.807) is 0 Å². The van der Waals surface area contributed by atoms with Crippen molar-refractivity contribution in [1.82, 2.24) is 0 Å². The van der Waals surface area contributed by atoms with Gasteiger partial charge in [-0.05, 0) is 40.8 Å². The van der Waals surface area contributed by atoms with Crippen LogP contribution in [0.5, 0.6) is 0 Å². The summed E-state index contributed by atoms with van der Waals surface area (Å²) < 4.78 is 0. The summed E-state index contributed by atoms with van der Waals surface area (Å²) in [6, 6.07) is 15.0. The number of nitrogens with two attached hydrogens (primary N) is 1. The molecule has 2 aromatic carbocycles. The molecule has 3 rings (SSSR count). The number of rotatable bonds is 0. The van der Waals surface area contributed by atoms with Gasteiger partial charge < -0.3 is 5.73 Å². The zero-order valence-corrected chi connectivity index (χ0v) is 10.3. The molecule has 0 atom stereocenters. The van der Waals surface area contributed by atoms with Crippen molar-refractivity contribution in [2.45, 2.75) is 25.7 Å². The first-order chi connectivity index (χ1) is 8.09. The second kappa shape index (κ2) is 3.36. The molecule has 1 nitrogen and oxygen atoms in total. The van der Waals surface area contributed by atoms with E-state index in [4.69, 9.17) is 5.73 Å². The monoisotopic (exact) mass is 223 g/mol. The van der Waals surface area contributed by atoms with Crippen LogP contribution in [0.3, 0.4) is 0 Å². The molecule has 0 aliphatic heterocycles. The minimum absolute atomic E-state index is 0.0812. The van der Waals surface area contributed by atoms with Gasteiger partial charge in [-0.15, -0.1) is 0 Å². The Labute approximate surface area is 102 Å². The van der Waals surface area contributed by atoms with Gasteiger partial charge in [0.15, 0.2) is 0 Å². The Balaban J connectivity index is 2.26. The van der Waals surface area contributed by atoms with E-state index < -0.39 is 0 Å². The van der Waals surface area contributed by atoms with E-state index in [9.17, 15) is 0 Å². The van der Waals surface area contributed by atoms with Gasteiger partial charge in [-0.3, -0.25) is 0 Å². The van der Waals surface area contributed by atoms with Crippen LogP contribution in [-0.2, 0) is 11.8 Å². The number of fused-ring (bicyclic) bond motifs is 2. The smallest absolute Gasteiger partial charge is 0.0317 e. The third kappa shape index (κ3) is 1.46. The van der Waals surface area contributed by atoms with Crippen LogP contribution in [0.15, 0.2) is 42.5 Å². The average Bonchev–Trinajstić information content (AvgIpc) is 2.28. The number of benzene rings is 2. The predicted octanol–water partition coefficient (Wildman–Crippen LogP) is 3.50. The van der Waals surface area contributed by atoms with Gasteiger partial charge in [0.05, 0.1) is 0 Å². The Morgan fingerprint density at radius 2 is 1.65 bits per heavy atom. The maximum Gasteiger partial charge on any atom is 0.0317 e. The summed E-state index contributed by atoms with van der Waals surface area (Å²) in [4.78, 5) is 0. The fraction of sp³-hybridized carbons (Fsp3) is 0.250. The standard InChI is InChI=1S/C16H17N/c1-16(2)14-6-4-3-5-11(14)9-12-10-13(17)7-8-15(12)16/h3-8,10H,9,17H2,1-2H3. The highest BCUT2D eigenvalue weighted by Gasteiger charge is 2.31. The largest absolute Gasteiger partial charge is 0.399 e. The Morgan fingerprint density at radius 3 is 2.47 bits per heavy atom. The molecule has 0 spiro atoms. The van der Waals surface area contributed by atoms with Crippen molar-refractivity contribution < 1.29 is 0 Å². The first-order valence-corrected chi connectivity index (χ1v) is 6.06. The van der Waals surface area contributed by atoms with E-state index in [-0.39, 0.29) is 5.41 Å². The van der Waals surface area contributed by atoms with Gasteiger partial charge in [0.25, 0.3) is 0 Å². The zero-order valence-electron chi connectivity index (χ0n) is 10.3. The van der Waals surface area contributed by atoms with Crippen molar-refractivity contribution in [3.8, 4) is 0 Å². The molecule has 0 unspecified atom stereocenters. The van der Waals surface area contributed by atoms with Crippen LogP contribution in [0.4, 0.5) is 5.69 Å². The van der Waals surface area contributed by atoms with Gasteiger partial charge in [-0.25, -0.2) is 0 Å². The fourth-order valence-electron chi connectivity index (χ4n) is 3.00. The topological polar surface area (TPSA) is 26.0 Å². The quantitative estimate of drug-likeness (QED) is 0.680. The summed E-state index contributed by atoms with van der Waals surface area (Å²) >= 11 is 0. The van der Waals surface area contributed by atoms with E-state index in [1.165, 1.54) is 22.3 Å². The number of hydrogen-bond donors (Lipinski definition) is 1. The molecule has 86 valence electrons. The molecule has 0 radical (unpaired) electrons. The number of nitrogen functional groups attached to an aromatic ring is 1. The molecule has 0 heterocycles. The fourth-order valence-corrected chi connectivity index (χ4v) is 3.00. The van der Waals surface area contributed by atoms with Gasteiger partial charge in [-0.1, -0.05) is 44.2 Å². The summed E-state index contributed by atoms with van der Waals surface area (Å²) in [5, 5.41) is 0. The van der Waals surface area contributed by atoms with Crippen molar-refractivity contribution >= 4 is 5.69 Å². The molecule has 1 aliphatic rings. The molecule has 0 amide bonds. The van der Waals surface area contributed by atoms with Gasteiger partial charge in [0, 0.05) is 11.1 Å². The van der Waals surface area contributed by atoms with Crippen molar-refractivity contribution in [3.63, 3.8) is 0 Å². The lowest BCUT2D eigenvalue weighted by Gasteiger charge is -2.35. The van der Waals surface area contributed by atoms with E-state index in [2.05, 4.69) is 50.2 Å². The van der Waals surface area contributed by atoms with Gasteiger partial charge in [0.1, 0.15) is 0 Å². The van der Waals surface area contributed by atoms with Crippen molar-refractivity contribution in [1.29, 1.82) is 0 Å². The highest BCUT2D eigenvalue weighted by molar-refractivity contribution is 5.56. The minimum Gasteiger partial charge on any atom is -0.399 e. The van der Waals surface area contributed by atoms with Gasteiger partial charge in [-0.2, -0.15) is 0 Å². The van der Waals surface area contributed by atoms with Crippen LogP contribution in [0, 0.1) is 0 Å². The van der Waals surface area contributed by atoms with Crippen LogP contribution < -0.4 is 5.73 Å². The zero-order chi connectivity index (χ0) is 12.0. The van der Waals surface area contributed by atoms with E-state index in [0.29, 0.717) is 0 Å².